The van der Waals surface area contributed by atoms with E-state index in [0.29, 0.717) is 5.95 Å². The normalized spacial score (nSPS) is 10.8. The fourth-order valence-corrected chi connectivity index (χ4v) is 2.00. The van der Waals surface area contributed by atoms with E-state index in [1.165, 1.54) is 0 Å². The molecule has 0 spiro atoms. The van der Waals surface area contributed by atoms with Gasteiger partial charge in [0.2, 0.25) is 5.95 Å². The zero-order valence-electron chi connectivity index (χ0n) is 8.74. The Morgan fingerprint density at radius 2 is 2.27 bits per heavy atom. The van der Waals surface area contributed by atoms with Crippen LogP contribution in [0.25, 0.3) is 11.2 Å². The van der Waals surface area contributed by atoms with Crippen molar-refractivity contribution in [3.63, 3.8) is 0 Å². The Bertz CT molecular complexity index is 453. The monoisotopic (exact) mass is 223 g/mol. The van der Waals surface area contributed by atoms with Crippen LogP contribution in [0, 0.1) is 0 Å². The molecule has 0 saturated heterocycles. The van der Waals surface area contributed by atoms with Crippen LogP contribution in [0.3, 0.4) is 0 Å². The average Bonchev–Trinajstić information content (AvgIpc) is 2.67. The maximum Gasteiger partial charge on any atom is 0.225 e. The Kier molecular flexibility index (Phi) is 3.05. The van der Waals surface area contributed by atoms with Gasteiger partial charge < -0.3 is 10.3 Å². The topological polar surface area (TPSA) is 66.5 Å². The Hall–Kier alpha value is -1.30. The molecule has 2 rings (SSSR count). The van der Waals surface area contributed by atoms with E-state index in [4.69, 9.17) is 0 Å². The van der Waals surface area contributed by atoms with Crippen molar-refractivity contribution < 1.29 is 0 Å². The van der Waals surface area contributed by atoms with Crippen LogP contribution < -0.4 is 5.32 Å². The number of nitrogens with zero attached hydrogens (tertiary/aromatic N) is 3. The first-order chi connectivity index (χ1) is 7.35. The molecule has 0 atom stereocenters. The molecule has 0 radical (unpaired) electrons. The summed E-state index contributed by atoms with van der Waals surface area (Å²) in [4.78, 5) is 15.9. The number of imidazole rings is 1. The summed E-state index contributed by atoms with van der Waals surface area (Å²) in [5.41, 5.74) is 1.64. The van der Waals surface area contributed by atoms with E-state index < -0.39 is 0 Å². The number of fused-ring (bicyclic) bond motifs is 1. The van der Waals surface area contributed by atoms with E-state index >= 15 is 0 Å². The number of thioether (sulfide) groups is 1. The zero-order chi connectivity index (χ0) is 10.7. The van der Waals surface area contributed by atoms with Crippen LogP contribution in [0.1, 0.15) is 13.8 Å². The van der Waals surface area contributed by atoms with Crippen molar-refractivity contribution in [2.24, 2.45) is 0 Å². The van der Waals surface area contributed by atoms with Gasteiger partial charge in [-0.2, -0.15) is 4.98 Å². The van der Waals surface area contributed by atoms with Gasteiger partial charge in [0.1, 0.15) is 10.5 Å². The highest BCUT2D eigenvalue weighted by molar-refractivity contribution is 7.99. The minimum absolute atomic E-state index is 0.646. The number of rotatable bonds is 4. The van der Waals surface area contributed by atoms with Gasteiger partial charge in [-0.3, -0.25) is 0 Å². The molecule has 0 aliphatic heterocycles. The second-order valence-corrected chi connectivity index (χ2v) is 4.17. The zero-order valence-corrected chi connectivity index (χ0v) is 9.56. The molecule has 0 unspecified atom stereocenters. The number of anilines is 1. The lowest BCUT2D eigenvalue weighted by Gasteiger charge is -2.04. The average molecular weight is 223 g/mol. The highest BCUT2D eigenvalue weighted by atomic mass is 32.2. The molecule has 0 aliphatic carbocycles. The molecule has 2 heterocycles. The van der Waals surface area contributed by atoms with Gasteiger partial charge >= 0.3 is 0 Å². The Morgan fingerprint density at radius 3 is 3.00 bits per heavy atom. The Labute approximate surface area is 92.1 Å². The maximum absolute atomic E-state index is 4.42. The van der Waals surface area contributed by atoms with Gasteiger partial charge in [-0.25, -0.2) is 9.97 Å². The molecule has 0 aliphatic rings. The standard InChI is InChI=1S/C9H13N5S/c1-3-10-9-13-7-6(11-5-12-7)8(14-9)15-4-2/h5H,3-4H2,1-2H3,(H2,10,11,12,13,14). The van der Waals surface area contributed by atoms with Crippen molar-refractivity contribution in [1.29, 1.82) is 0 Å². The first-order valence-electron chi connectivity index (χ1n) is 4.93. The molecular weight excluding hydrogens is 210 g/mol. The summed E-state index contributed by atoms with van der Waals surface area (Å²) in [6.45, 7) is 4.93. The molecule has 0 bridgehead atoms. The second kappa shape index (κ2) is 4.48. The van der Waals surface area contributed by atoms with E-state index in [-0.39, 0.29) is 0 Å². The van der Waals surface area contributed by atoms with Crippen molar-refractivity contribution in [3.05, 3.63) is 6.33 Å². The first kappa shape index (κ1) is 10.2. The summed E-state index contributed by atoms with van der Waals surface area (Å²) in [6.07, 6.45) is 1.65. The Balaban J connectivity index is 2.48. The highest BCUT2D eigenvalue weighted by Gasteiger charge is 2.08. The lowest BCUT2D eigenvalue weighted by atomic mass is 10.5. The molecule has 5 nitrogen and oxygen atoms in total. The SMILES string of the molecule is CCNc1nc(SCC)c2[nH]cnc2n1. The van der Waals surface area contributed by atoms with Crippen molar-refractivity contribution >= 4 is 28.9 Å². The number of aromatic nitrogens is 4. The van der Waals surface area contributed by atoms with E-state index in [2.05, 4.69) is 32.2 Å². The predicted octanol–water partition coefficient (Wildman–Crippen LogP) is 1.90. The van der Waals surface area contributed by atoms with Gasteiger partial charge in [-0.15, -0.1) is 11.8 Å². The highest BCUT2D eigenvalue weighted by Crippen LogP contribution is 2.23. The number of H-pyrrole nitrogens is 1. The van der Waals surface area contributed by atoms with E-state index in [1.807, 2.05) is 6.92 Å². The van der Waals surface area contributed by atoms with Gasteiger partial charge in [-0.05, 0) is 12.7 Å². The molecule has 2 aromatic heterocycles. The van der Waals surface area contributed by atoms with Crippen molar-refractivity contribution in [2.45, 2.75) is 18.9 Å². The van der Waals surface area contributed by atoms with E-state index in [0.717, 1.165) is 28.5 Å². The molecule has 0 fully saturated rings. The molecular formula is C9H13N5S. The lowest BCUT2D eigenvalue weighted by molar-refractivity contribution is 1.04. The van der Waals surface area contributed by atoms with Crippen LogP contribution in [0.15, 0.2) is 11.4 Å². The van der Waals surface area contributed by atoms with E-state index in [9.17, 15) is 0 Å². The van der Waals surface area contributed by atoms with Crippen LogP contribution in [-0.4, -0.2) is 32.2 Å². The molecule has 2 aromatic rings. The number of hydrogen-bond acceptors (Lipinski definition) is 5. The summed E-state index contributed by atoms with van der Waals surface area (Å²) in [5, 5.41) is 4.05. The molecule has 0 amide bonds. The maximum atomic E-state index is 4.42. The summed E-state index contributed by atoms with van der Waals surface area (Å²) in [7, 11) is 0. The van der Waals surface area contributed by atoms with Gasteiger partial charge in [0.15, 0.2) is 5.65 Å². The smallest absolute Gasteiger partial charge is 0.225 e. The number of hydrogen-bond donors (Lipinski definition) is 2. The third-order valence-corrected chi connectivity index (χ3v) is 2.73. The lowest BCUT2D eigenvalue weighted by Crippen LogP contribution is -2.03. The number of nitrogens with one attached hydrogen (secondary N) is 2. The van der Waals surface area contributed by atoms with Crippen LogP contribution in [0.4, 0.5) is 5.95 Å². The van der Waals surface area contributed by atoms with Gasteiger partial charge in [0, 0.05) is 6.54 Å². The van der Waals surface area contributed by atoms with Crippen LogP contribution in [-0.2, 0) is 0 Å². The molecule has 0 aromatic carbocycles. The van der Waals surface area contributed by atoms with Gasteiger partial charge in [-0.1, -0.05) is 6.92 Å². The first-order valence-corrected chi connectivity index (χ1v) is 5.91. The predicted molar refractivity (Wildman–Crippen MR) is 62.2 cm³/mol. The Morgan fingerprint density at radius 1 is 1.40 bits per heavy atom. The summed E-state index contributed by atoms with van der Waals surface area (Å²) in [6, 6.07) is 0. The summed E-state index contributed by atoms with van der Waals surface area (Å²) in [5.74, 6) is 1.63. The van der Waals surface area contributed by atoms with Gasteiger partial charge in [0.25, 0.3) is 0 Å². The van der Waals surface area contributed by atoms with Crippen LogP contribution >= 0.6 is 11.8 Å². The quantitative estimate of drug-likeness (QED) is 0.612. The van der Waals surface area contributed by atoms with E-state index in [1.54, 1.807) is 18.1 Å². The minimum Gasteiger partial charge on any atom is -0.354 e. The molecule has 2 N–H and O–H groups in total. The number of aromatic amines is 1. The fraction of sp³-hybridized carbons (Fsp3) is 0.444. The molecule has 6 heteroatoms. The summed E-state index contributed by atoms with van der Waals surface area (Å²) >= 11 is 1.69. The largest absolute Gasteiger partial charge is 0.354 e. The van der Waals surface area contributed by atoms with Crippen molar-refractivity contribution in [3.8, 4) is 0 Å². The third kappa shape index (κ3) is 2.04. The molecule has 80 valence electrons. The van der Waals surface area contributed by atoms with Gasteiger partial charge in [0.05, 0.1) is 6.33 Å². The fourth-order valence-electron chi connectivity index (χ4n) is 1.28. The van der Waals surface area contributed by atoms with Crippen LogP contribution in [0.2, 0.25) is 0 Å². The minimum atomic E-state index is 0.646. The summed E-state index contributed by atoms with van der Waals surface area (Å²) < 4.78 is 0. The van der Waals surface area contributed by atoms with Crippen molar-refractivity contribution in [2.75, 3.05) is 17.6 Å². The van der Waals surface area contributed by atoms with Crippen molar-refractivity contribution in [1.82, 2.24) is 19.9 Å². The molecule has 15 heavy (non-hydrogen) atoms. The third-order valence-electron chi connectivity index (χ3n) is 1.87. The second-order valence-electron chi connectivity index (χ2n) is 2.92. The molecule has 0 saturated carbocycles. The van der Waals surface area contributed by atoms with Crippen LogP contribution in [0.5, 0.6) is 0 Å².